The molecule has 3 nitrogen and oxygen atoms in total. The summed E-state index contributed by atoms with van der Waals surface area (Å²) in [4.78, 5) is 12.0. The molecule has 0 bridgehead atoms. The molecule has 0 rings (SSSR count). The highest BCUT2D eigenvalue weighted by Gasteiger charge is 2.23. The molecule has 0 saturated heterocycles. The average molecular weight is 189 g/mol. The summed E-state index contributed by atoms with van der Waals surface area (Å²) in [5, 5.41) is 8.60. The second-order valence-electron chi connectivity index (χ2n) is 4.35. The van der Waals surface area contributed by atoms with E-state index in [1.54, 1.807) is 0 Å². The molecule has 0 aliphatic rings. The minimum absolute atomic E-state index is 0.247. The highest BCUT2D eigenvalue weighted by molar-refractivity contribution is 6.29. The molecule has 72 valence electrons. The monoisotopic (exact) mass is 189 g/mol. The molecule has 14 heavy (non-hydrogen) atoms. The van der Waals surface area contributed by atoms with Gasteiger partial charge in [0.1, 0.15) is 0 Å². The molecule has 6 heteroatoms. The van der Waals surface area contributed by atoms with Crippen LogP contribution in [-0.2, 0) is 4.79 Å². The van der Waals surface area contributed by atoms with E-state index in [2.05, 4.69) is 0 Å². The first-order valence-corrected chi connectivity index (χ1v) is 4.42. The van der Waals surface area contributed by atoms with E-state index < -0.39 is 17.6 Å². The van der Waals surface area contributed by atoms with Gasteiger partial charge in [-0.3, -0.25) is 4.79 Å². The van der Waals surface area contributed by atoms with Crippen molar-refractivity contribution in [3.8, 4) is 0 Å². The summed E-state index contributed by atoms with van der Waals surface area (Å²) < 4.78 is 0. The summed E-state index contributed by atoms with van der Waals surface area (Å²) >= 11 is 0. The van der Waals surface area contributed by atoms with E-state index in [0.717, 1.165) is 0 Å². The Bertz CT molecular complexity index is 205. The Hall–Kier alpha value is -0.375. The van der Waals surface area contributed by atoms with Gasteiger partial charge in [0, 0.05) is 11.4 Å². The Morgan fingerprint density at radius 2 is 1.86 bits per heavy atom. The SMILES string of the molecule is [B]C(CN([B])C(C)(C)C)C([B])C(=O)O. The average Bonchev–Trinajstić information content (AvgIpc) is 2.00. The maximum atomic E-state index is 10.5. The van der Waals surface area contributed by atoms with Gasteiger partial charge in [0.25, 0.3) is 5.97 Å². The lowest BCUT2D eigenvalue weighted by Crippen LogP contribution is -2.42. The Labute approximate surface area is 89.5 Å². The summed E-state index contributed by atoms with van der Waals surface area (Å²) in [6.07, 6.45) is 0. The fourth-order valence-corrected chi connectivity index (χ4v) is 0.798. The zero-order chi connectivity index (χ0) is 11.5. The van der Waals surface area contributed by atoms with Crippen molar-refractivity contribution >= 4 is 29.6 Å². The minimum atomic E-state index is -1.11. The first kappa shape index (κ1) is 13.6. The van der Waals surface area contributed by atoms with Crippen molar-refractivity contribution in [1.29, 1.82) is 0 Å². The molecule has 0 fully saturated rings. The number of carboxylic acid groups (broad SMARTS) is 1. The largest absolute Gasteiger partial charge is 0.482 e. The van der Waals surface area contributed by atoms with Crippen LogP contribution < -0.4 is 0 Å². The molecular formula is C8H14B3NO2. The molecule has 0 aromatic carbocycles. The van der Waals surface area contributed by atoms with Gasteiger partial charge < -0.3 is 9.92 Å². The van der Waals surface area contributed by atoms with Gasteiger partial charge in [0.15, 0.2) is 7.98 Å². The molecule has 2 unspecified atom stereocenters. The van der Waals surface area contributed by atoms with E-state index >= 15 is 0 Å². The zero-order valence-electron chi connectivity index (χ0n) is 8.90. The maximum Gasteiger partial charge on any atom is 0.297 e. The fourth-order valence-electron chi connectivity index (χ4n) is 0.798. The summed E-state index contributed by atoms with van der Waals surface area (Å²) in [5.74, 6) is -2.86. The summed E-state index contributed by atoms with van der Waals surface area (Å²) in [6, 6.07) is 0. The second-order valence-corrected chi connectivity index (χ2v) is 4.35. The molecule has 0 amide bonds. The number of aliphatic carboxylic acids is 1. The van der Waals surface area contributed by atoms with Gasteiger partial charge in [-0.25, -0.2) is 0 Å². The standard InChI is InChI=1S/C8H14B3NO2/c1-8(2,3)12(11)4-5(9)6(10)7(13)14/h5-6H,4H2,1-3H3,(H,13,14). The van der Waals surface area contributed by atoms with Gasteiger partial charge in [-0.2, -0.15) is 0 Å². The van der Waals surface area contributed by atoms with Crippen LogP contribution in [0.3, 0.4) is 0 Å². The molecule has 0 saturated carbocycles. The lowest BCUT2D eigenvalue weighted by Gasteiger charge is -2.36. The van der Waals surface area contributed by atoms with Crippen LogP contribution in [0.4, 0.5) is 0 Å². The Morgan fingerprint density at radius 3 is 2.14 bits per heavy atom. The van der Waals surface area contributed by atoms with Crippen LogP contribution in [-0.4, -0.2) is 51.6 Å². The molecule has 0 heterocycles. The van der Waals surface area contributed by atoms with Gasteiger partial charge in [0.05, 0.1) is 15.7 Å². The number of rotatable bonds is 4. The summed E-state index contributed by atoms with van der Waals surface area (Å²) in [6.45, 7) is 5.97. The number of carbonyl (C=O) groups is 1. The van der Waals surface area contributed by atoms with E-state index in [4.69, 9.17) is 28.8 Å². The molecule has 0 spiro atoms. The van der Waals surface area contributed by atoms with Gasteiger partial charge in [-0.15, -0.1) is 0 Å². The van der Waals surface area contributed by atoms with Crippen LogP contribution in [0, 0.1) is 0 Å². The van der Waals surface area contributed by atoms with Crippen molar-refractivity contribution in [3.05, 3.63) is 0 Å². The van der Waals surface area contributed by atoms with Crippen LogP contribution in [0.15, 0.2) is 0 Å². The molecule has 2 atom stereocenters. The van der Waals surface area contributed by atoms with Crippen molar-refractivity contribution < 1.29 is 9.90 Å². The Balaban J connectivity index is 4.19. The third kappa shape index (κ3) is 4.22. The Morgan fingerprint density at radius 1 is 1.43 bits per heavy atom. The quantitative estimate of drug-likeness (QED) is 0.640. The molecular weight excluding hydrogens is 175 g/mol. The van der Waals surface area contributed by atoms with E-state index in [-0.39, 0.29) is 12.1 Å². The van der Waals surface area contributed by atoms with Crippen LogP contribution >= 0.6 is 0 Å². The minimum Gasteiger partial charge on any atom is -0.482 e. The molecule has 0 aromatic heterocycles. The van der Waals surface area contributed by atoms with Gasteiger partial charge >= 0.3 is 0 Å². The smallest absolute Gasteiger partial charge is 0.297 e. The first-order chi connectivity index (χ1) is 6.16. The van der Waals surface area contributed by atoms with E-state index in [1.807, 2.05) is 20.8 Å². The number of hydrogen-bond donors (Lipinski definition) is 1. The van der Waals surface area contributed by atoms with Crippen molar-refractivity contribution in [3.63, 3.8) is 0 Å². The number of hydrogen-bond acceptors (Lipinski definition) is 2. The summed E-state index contributed by atoms with van der Waals surface area (Å²) in [7, 11) is 16.6. The lowest BCUT2D eigenvalue weighted by molar-refractivity contribution is -0.137. The Kier molecular flexibility index (Phi) is 4.79. The molecule has 0 aliphatic heterocycles. The van der Waals surface area contributed by atoms with Crippen molar-refractivity contribution in [2.45, 2.75) is 37.9 Å². The predicted molar refractivity (Wildman–Crippen MR) is 58.9 cm³/mol. The topological polar surface area (TPSA) is 40.5 Å². The third-order valence-electron chi connectivity index (χ3n) is 2.02. The van der Waals surface area contributed by atoms with Crippen molar-refractivity contribution in [1.82, 2.24) is 4.81 Å². The second kappa shape index (κ2) is 4.92. The van der Waals surface area contributed by atoms with Gasteiger partial charge in [-0.05, 0) is 27.3 Å². The van der Waals surface area contributed by atoms with Crippen molar-refractivity contribution in [2.75, 3.05) is 6.54 Å². The fraction of sp³-hybridized carbons (Fsp3) is 0.875. The molecule has 6 radical (unpaired) electrons. The number of nitrogens with zero attached hydrogens (tertiary/aromatic N) is 1. The normalized spacial score (nSPS) is 16.6. The summed E-state index contributed by atoms with van der Waals surface area (Å²) in [5.41, 5.74) is -0.254. The molecule has 0 aliphatic carbocycles. The molecule has 1 N–H and O–H groups in total. The highest BCUT2D eigenvalue weighted by atomic mass is 16.4. The van der Waals surface area contributed by atoms with Crippen LogP contribution in [0.5, 0.6) is 0 Å². The van der Waals surface area contributed by atoms with Gasteiger partial charge in [0.2, 0.25) is 0 Å². The van der Waals surface area contributed by atoms with E-state index in [9.17, 15) is 4.79 Å². The first-order valence-electron chi connectivity index (χ1n) is 4.42. The molecule has 0 aromatic rings. The third-order valence-corrected chi connectivity index (χ3v) is 2.02. The van der Waals surface area contributed by atoms with Crippen LogP contribution in [0.25, 0.3) is 0 Å². The lowest BCUT2D eigenvalue weighted by atomic mass is 9.66. The maximum absolute atomic E-state index is 10.5. The van der Waals surface area contributed by atoms with E-state index in [1.165, 1.54) is 4.81 Å². The van der Waals surface area contributed by atoms with Crippen molar-refractivity contribution in [2.24, 2.45) is 0 Å². The van der Waals surface area contributed by atoms with Crippen LogP contribution in [0.2, 0.25) is 11.6 Å². The number of carboxylic acids is 1. The predicted octanol–water partition coefficient (Wildman–Crippen LogP) is 0.169. The zero-order valence-corrected chi connectivity index (χ0v) is 8.90. The highest BCUT2D eigenvalue weighted by Crippen LogP contribution is 2.21. The van der Waals surface area contributed by atoms with Crippen LogP contribution in [0.1, 0.15) is 20.8 Å². The van der Waals surface area contributed by atoms with E-state index in [0.29, 0.717) is 0 Å². The van der Waals surface area contributed by atoms with Gasteiger partial charge in [-0.1, -0.05) is 5.82 Å².